The Bertz CT molecular complexity index is 627. The van der Waals surface area contributed by atoms with Crippen LogP contribution in [0, 0.1) is 0 Å². The molecule has 0 bridgehead atoms. The van der Waals surface area contributed by atoms with Crippen molar-refractivity contribution in [2.24, 2.45) is 17.2 Å². The first-order valence-electron chi connectivity index (χ1n) is 7.00. The summed E-state index contributed by atoms with van der Waals surface area (Å²) in [6.07, 6.45) is 2.39. The minimum absolute atomic E-state index is 0.357. The Hall–Kier alpha value is -2.71. The van der Waals surface area contributed by atoms with Gasteiger partial charge in [0.1, 0.15) is 11.7 Å². The number of carboxylic acids is 1. The second-order valence-corrected chi connectivity index (χ2v) is 4.76. The molecule has 2 aromatic rings. The van der Waals surface area contributed by atoms with Crippen molar-refractivity contribution in [2.45, 2.75) is 18.9 Å². The fraction of sp³-hybridized carbons (Fsp3) is 0.267. The smallest absolute Gasteiger partial charge is 0.320 e. The van der Waals surface area contributed by atoms with E-state index in [-0.39, 0.29) is 0 Å². The molecule has 2 rings (SSSR count). The van der Waals surface area contributed by atoms with Crippen LogP contribution in [0.3, 0.4) is 0 Å². The van der Waals surface area contributed by atoms with Crippen LogP contribution in [0.15, 0.2) is 36.7 Å². The molecule has 0 aliphatic heterocycles. The summed E-state index contributed by atoms with van der Waals surface area (Å²) in [4.78, 5) is 27.6. The van der Waals surface area contributed by atoms with Crippen LogP contribution in [-0.4, -0.2) is 39.5 Å². The molecule has 8 heteroatoms. The number of nitrogens with two attached hydrogens (primary N) is 3. The predicted octanol–water partition coefficient (Wildman–Crippen LogP) is -0.349. The Morgan fingerprint density at radius 2 is 1.91 bits per heavy atom. The third-order valence-corrected chi connectivity index (χ3v) is 2.96. The van der Waals surface area contributed by atoms with Crippen molar-refractivity contribution in [3.05, 3.63) is 53.6 Å². The fourth-order valence-electron chi connectivity index (χ4n) is 1.82. The number of aromatic nitrogens is 2. The molecule has 1 atom stereocenters. The fourth-order valence-corrected chi connectivity index (χ4v) is 1.82. The zero-order valence-corrected chi connectivity index (χ0v) is 12.6. The van der Waals surface area contributed by atoms with Gasteiger partial charge in [-0.2, -0.15) is 0 Å². The van der Waals surface area contributed by atoms with Gasteiger partial charge in [-0.1, -0.05) is 30.3 Å². The minimum Gasteiger partial charge on any atom is -0.480 e. The van der Waals surface area contributed by atoms with E-state index in [0.29, 0.717) is 30.8 Å². The first kappa shape index (κ1) is 18.3. The molecule has 0 radical (unpaired) electrons. The summed E-state index contributed by atoms with van der Waals surface area (Å²) in [5.74, 6) is -1.45. The molecule has 1 heterocycles. The van der Waals surface area contributed by atoms with Gasteiger partial charge in [-0.15, -0.1) is 0 Å². The number of H-pyrrole nitrogens is 1. The quantitative estimate of drug-likeness (QED) is 0.489. The minimum atomic E-state index is -0.959. The van der Waals surface area contributed by atoms with E-state index in [0.717, 1.165) is 5.56 Å². The monoisotopic (exact) mass is 319 g/mol. The molecule has 1 aromatic carbocycles. The molecule has 0 saturated heterocycles. The van der Waals surface area contributed by atoms with Crippen LogP contribution in [0.25, 0.3) is 0 Å². The van der Waals surface area contributed by atoms with Gasteiger partial charge >= 0.3 is 5.97 Å². The van der Waals surface area contributed by atoms with Gasteiger partial charge < -0.3 is 27.3 Å². The maximum absolute atomic E-state index is 10.7. The lowest BCUT2D eigenvalue weighted by Crippen LogP contribution is -2.32. The normalized spacial score (nSPS) is 11.2. The maximum atomic E-state index is 10.7. The van der Waals surface area contributed by atoms with Gasteiger partial charge in [0.05, 0.1) is 12.0 Å². The standard InChI is InChI=1S/C9H11NO2.C6H10N4O/c10-8(9(11)12)6-7-4-2-1-3-5-7;7-2-1-4-5(6(8)11)10-3-9-4/h1-5,8H,6,10H2,(H,11,12);3H,1-2,7H2,(H2,8,11)(H,9,10)/t8-;/m0./s1. The molecule has 0 aliphatic carbocycles. The molecule has 124 valence electrons. The number of amides is 1. The Balaban J connectivity index is 0.000000231. The number of carbonyl (C=O) groups excluding carboxylic acids is 1. The molecule has 8 N–H and O–H groups in total. The highest BCUT2D eigenvalue weighted by atomic mass is 16.4. The van der Waals surface area contributed by atoms with Gasteiger partial charge in [0.25, 0.3) is 5.91 Å². The first-order valence-corrected chi connectivity index (χ1v) is 7.00. The van der Waals surface area contributed by atoms with E-state index in [1.54, 1.807) is 0 Å². The number of hydrogen-bond acceptors (Lipinski definition) is 5. The highest BCUT2D eigenvalue weighted by molar-refractivity contribution is 5.91. The van der Waals surface area contributed by atoms with Crippen molar-refractivity contribution in [3.63, 3.8) is 0 Å². The van der Waals surface area contributed by atoms with Crippen LogP contribution in [0.1, 0.15) is 21.7 Å². The number of carbonyl (C=O) groups is 2. The van der Waals surface area contributed by atoms with Crippen molar-refractivity contribution in [3.8, 4) is 0 Å². The van der Waals surface area contributed by atoms with Crippen molar-refractivity contribution in [1.82, 2.24) is 9.97 Å². The predicted molar refractivity (Wildman–Crippen MR) is 85.6 cm³/mol. The molecular formula is C15H21N5O3. The molecule has 1 aromatic heterocycles. The number of aliphatic carboxylic acids is 1. The molecular weight excluding hydrogens is 298 g/mol. The molecule has 0 fully saturated rings. The molecule has 1 amide bonds. The second kappa shape index (κ2) is 9.34. The Morgan fingerprint density at radius 3 is 2.43 bits per heavy atom. The highest BCUT2D eigenvalue weighted by Gasteiger charge is 2.11. The maximum Gasteiger partial charge on any atom is 0.320 e. The van der Waals surface area contributed by atoms with Gasteiger partial charge in [-0.3, -0.25) is 9.59 Å². The third kappa shape index (κ3) is 6.29. The summed E-state index contributed by atoms with van der Waals surface area (Å²) in [6.45, 7) is 0.463. The van der Waals surface area contributed by atoms with E-state index in [2.05, 4.69) is 9.97 Å². The van der Waals surface area contributed by atoms with Crippen LogP contribution >= 0.6 is 0 Å². The lowest BCUT2D eigenvalue weighted by molar-refractivity contribution is -0.138. The van der Waals surface area contributed by atoms with Crippen molar-refractivity contribution >= 4 is 11.9 Å². The summed E-state index contributed by atoms with van der Waals surface area (Å²) in [6, 6.07) is 8.54. The lowest BCUT2D eigenvalue weighted by atomic mass is 10.1. The van der Waals surface area contributed by atoms with Crippen molar-refractivity contribution < 1.29 is 14.7 Å². The average molecular weight is 319 g/mol. The molecule has 0 unspecified atom stereocenters. The van der Waals surface area contributed by atoms with Crippen LogP contribution in [-0.2, 0) is 17.6 Å². The van der Waals surface area contributed by atoms with Crippen molar-refractivity contribution in [2.75, 3.05) is 6.54 Å². The van der Waals surface area contributed by atoms with Gasteiger partial charge in [-0.05, 0) is 18.5 Å². The van der Waals surface area contributed by atoms with Crippen LogP contribution in [0.5, 0.6) is 0 Å². The van der Waals surface area contributed by atoms with Gasteiger partial charge in [-0.25, -0.2) is 4.98 Å². The Morgan fingerprint density at radius 1 is 1.26 bits per heavy atom. The molecule has 23 heavy (non-hydrogen) atoms. The topological polar surface area (TPSA) is 161 Å². The number of benzene rings is 1. The summed E-state index contributed by atoms with van der Waals surface area (Å²) >= 11 is 0. The first-order chi connectivity index (χ1) is 11.0. The summed E-state index contributed by atoms with van der Waals surface area (Å²) in [5, 5.41) is 8.52. The van der Waals surface area contributed by atoms with Crippen LogP contribution in [0.2, 0.25) is 0 Å². The van der Waals surface area contributed by atoms with Gasteiger partial charge in [0, 0.05) is 6.42 Å². The largest absolute Gasteiger partial charge is 0.480 e. The zero-order chi connectivity index (χ0) is 17.2. The number of hydrogen-bond donors (Lipinski definition) is 5. The molecule has 8 nitrogen and oxygen atoms in total. The molecule has 0 spiro atoms. The number of carboxylic acid groups (broad SMARTS) is 1. The number of nitrogens with zero attached hydrogens (tertiary/aromatic N) is 1. The molecule has 0 aliphatic rings. The van der Waals surface area contributed by atoms with Crippen LogP contribution in [0.4, 0.5) is 0 Å². The van der Waals surface area contributed by atoms with Gasteiger partial charge in [0.2, 0.25) is 0 Å². The molecule has 0 saturated carbocycles. The summed E-state index contributed by atoms with van der Waals surface area (Å²) < 4.78 is 0. The number of nitrogens with one attached hydrogen (secondary N) is 1. The second-order valence-electron chi connectivity index (χ2n) is 4.76. The van der Waals surface area contributed by atoms with Crippen molar-refractivity contribution in [1.29, 1.82) is 0 Å². The summed E-state index contributed by atoms with van der Waals surface area (Å²) in [7, 11) is 0. The van der Waals surface area contributed by atoms with Gasteiger partial charge in [0.15, 0.2) is 0 Å². The van der Waals surface area contributed by atoms with E-state index in [9.17, 15) is 9.59 Å². The number of rotatable bonds is 6. The number of aromatic amines is 1. The Kier molecular flexibility index (Phi) is 7.44. The van der Waals surface area contributed by atoms with E-state index >= 15 is 0 Å². The van der Waals surface area contributed by atoms with E-state index in [1.807, 2.05) is 30.3 Å². The average Bonchev–Trinajstić information content (AvgIpc) is 2.98. The number of primary amides is 1. The van der Waals surface area contributed by atoms with E-state index in [1.165, 1.54) is 6.33 Å². The lowest BCUT2D eigenvalue weighted by Gasteiger charge is -2.04. The zero-order valence-electron chi connectivity index (χ0n) is 12.6. The van der Waals surface area contributed by atoms with Crippen LogP contribution < -0.4 is 17.2 Å². The third-order valence-electron chi connectivity index (χ3n) is 2.96. The number of imidazole rings is 1. The Labute approximate surface area is 133 Å². The summed E-state index contributed by atoms with van der Waals surface area (Å²) in [5.41, 5.74) is 17.6. The SMILES string of the molecule is NCCc1nc[nH]c1C(N)=O.N[C@@H](Cc1ccccc1)C(=O)O. The highest BCUT2D eigenvalue weighted by Crippen LogP contribution is 2.01. The van der Waals surface area contributed by atoms with E-state index < -0.39 is 17.9 Å². The van der Waals surface area contributed by atoms with E-state index in [4.69, 9.17) is 22.3 Å².